The number of likely N-dealkylation sites (N-methyl/N-ethyl adjacent to an activating group) is 1. The van der Waals surface area contributed by atoms with Crippen LogP contribution in [0.25, 0.3) is 33.1 Å². The van der Waals surface area contributed by atoms with Gasteiger partial charge >= 0.3 is 0 Å². The quantitative estimate of drug-likeness (QED) is 0.544. The summed E-state index contributed by atoms with van der Waals surface area (Å²) >= 11 is 0. The summed E-state index contributed by atoms with van der Waals surface area (Å²) in [6, 6.07) is 17.1. The molecule has 0 saturated carbocycles. The van der Waals surface area contributed by atoms with Gasteiger partial charge < -0.3 is 9.80 Å². The molecule has 0 atom stereocenters. The summed E-state index contributed by atoms with van der Waals surface area (Å²) in [6.45, 7) is 8.07. The fourth-order valence-corrected chi connectivity index (χ4v) is 4.27. The van der Waals surface area contributed by atoms with Crippen LogP contribution in [0.5, 0.6) is 0 Å². The Bertz CT molecular complexity index is 1290. The number of anilines is 1. The molecule has 3 heterocycles. The molecule has 1 aliphatic rings. The van der Waals surface area contributed by atoms with Gasteiger partial charge in [-0.2, -0.15) is 10.4 Å². The number of nitrogens with one attached hydrogen (secondary N) is 1. The van der Waals surface area contributed by atoms with E-state index in [0.29, 0.717) is 0 Å². The Morgan fingerprint density at radius 2 is 1.77 bits per heavy atom. The number of nitrogens with zero attached hydrogens (tertiary/aromatic N) is 5. The molecule has 1 saturated heterocycles. The molecular weight excluding hydrogens is 384 g/mol. The highest BCUT2D eigenvalue weighted by atomic mass is 15.2. The van der Waals surface area contributed by atoms with E-state index in [4.69, 9.17) is 0 Å². The Hall–Kier alpha value is -3.43. The molecule has 1 fully saturated rings. The SMILES string of the molecule is CN1CCN(c2ccc3ncc4[nH]nc(-c5ccc(C(C)(C)C#N)cc5)c4c3c2)CC1. The minimum absolute atomic E-state index is 0.514. The predicted molar refractivity (Wildman–Crippen MR) is 125 cm³/mol. The second-order valence-corrected chi connectivity index (χ2v) is 8.93. The van der Waals surface area contributed by atoms with E-state index in [0.717, 1.165) is 64.8 Å². The van der Waals surface area contributed by atoms with E-state index in [9.17, 15) is 5.26 Å². The van der Waals surface area contributed by atoms with Gasteiger partial charge in [0.05, 0.1) is 28.7 Å². The van der Waals surface area contributed by atoms with Crippen molar-refractivity contribution in [2.24, 2.45) is 0 Å². The summed E-state index contributed by atoms with van der Waals surface area (Å²) < 4.78 is 0. The normalized spacial score (nSPS) is 15.5. The summed E-state index contributed by atoms with van der Waals surface area (Å²) in [6.07, 6.45) is 1.86. The van der Waals surface area contributed by atoms with Crippen LogP contribution in [0.15, 0.2) is 48.7 Å². The standard InChI is InChI=1S/C25H26N6/c1-25(2,16-26)18-6-4-17(5-7-18)24-23-20-14-19(31-12-10-30(3)11-13-31)8-9-21(20)27-15-22(23)28-29-24/h4-9,14-15H,10-13H2,1-3H3,(H,28,29). The number of aromatic nitrogens is 3. The number of H-pyrrole nitrogens is 1. The van der Waals surface area contributed by atoms with Gasteiger partial charge in [0.2, 0.25) is 0 Å². The molecule has 0 aliphatic carbocycles. The number of fused-ring (bicyclic) bond motifs is 3. The Labute approximate surface area is 182 Å². The molecule has 31 heavy (non-hydrogen) atoms. The largest absolute Gasteiger partial charge is 0.369 e. The molecule has 2 aromatic carbocycles. The van der Waals surface area contributed by atoms with E-state index < -0.39 is 5.41 Å². The first kappa shape index (κ1) is 19.5. The van der Waals surface area contributed by atoms with E-state index >= 15 is 0 Å². The Balaban J connectivity index is 1.61. The van der Waals surface area contributed by atoms with Crippen molar-refractivity contribution in [2.75, 3.05) is 38.1 Å². The first-order valence-electron chi connectivity index (χ1n) is 10.7. The van der Waals surface area contributed by atoms with Crippen molar-refractivity contribution in [1.82, 2.24) is 20.1 Å². The Morgan fingerprint density at radius 3 is 2.48 bits per heavy atom. The molecule has 0 radical (unpaired) electrons. The fraction of sp³-hybridized carbons (Fsp3) is 0.320. The average Bonchev–Trinajstić information content (AvgIpc) is 3.24. The van der Waals surface area contributed by atoms with Crippen LogP contribution < -0.4 is 4.90 Å². The van der Waals surface area contributed by atoms with Crippen LogP contribution in [0, 0.1) is 11.3 Å². The number of pyridine rings is 1. The lowest BCUT2D eigenvalue weighted by Crippen LogP contribution is -2.44. The lowest BCUT2D eigenvalue weighted by molar-refractivity contribution is 0.313. The van der Waals surface area contributed by atoms with Crippen LogP contribution in [0.2, 0.25) is 0 Å². The van der Waals surface area contributed by atoms with Crippen LogP contribution in [-0.4, -0.2) is 53.3 Å². The van der Waals surface area contributed by atoms with Crippen molar-refractivity contribution in [3.8, 4) is 17.3 Å². The zero-order chi connectivity index (χ0) is 21.6. The van der Waals surface area contributed by atoms with Crippen molar-refractivity contribution >= 4 is 27.5 Å². The molecule has 0 bridgehead atoms. The molecular formula is C25H26N6. The van der Waals surface area contributed by atoms with Crippen LogP contribution >= 0.6 is 0 Å². The Kier molecular flexibility index (Phi) is 4.64. The molecule has 1 aliphatic heterocycles. The van der Waals surface area contributed by atoms with E-state index in [1.807, 2.05) is 32.2 Å². The summed E-state index contributed by atoms with van der Waals surface area (Å²) in [5.74, 6) is 0. The Morgan fingerprint density at radius 1 is 1.03 bits per heavy atom. The number of rotatable bonds is 3. The highest BCUT2D eigenvalue weighted by Crippen LogP contribution is 2.34. The summed E-state index contributed by atoms with van der Waals surface area (Å²) in [5, 5.41) is 19.4. The monoisotopic (exact) mass is 410 g/mol. The van der Waals surface area contributed by atoms with E-state index in [1.165, 1.54) is 5.69 Å². The first-order valence-corrected chi connectivity index (χ1v) is 10.7. The third kappa shape index (κ3) is 3.41. The maximum Gasteiger partial charge on any atom is 0.101 e. The van der Waals surface area contributed by atoms with Gasteiger partial charge in [-0.05, 0) is 44.7 Å². The molecule has 6 heteroatoms. The third-order valence-electron chi connectivity index (χ3n) is 6.40. The number of hydrogen-bond donors (Lipinski definition) is 1. The van der Waals surface area contributed by atoms with Crippen LogP contribution in [0.4, 0.5) is 5.69 Å². The van der Waals surface area contributed by atoms with Crippen LogP contribution in [0.3, 0.4) is 0 Å². The number of piperazine rings is 1. The van der Waals surface area contributed by atoms with Gasteiger partial charge in [0.15, 0.2) is 0 Å². The molecule has 1 N–H and O–H groups in total. The van der Waals surface area contributed by atoms with Crippen LogP contribution in [-0.2, 0) is 5.41 Å². The topological polar surface area (TPSA) is 71.8 Å². The van der Waals surface area contributed by atoms with Crippen molar-refractivity contribution in [2.45, 2.75) is 19.3 Å². The third-order valence-corrected chi connectivity index (χ3v) is 6.40. The smallest absolute Gasteiger partial charge is 0.101 e. The first-order chi connectivity index (χ1) is 15.0. The van der Waals surface area contributed by atoms with Crippen molar-refractivity contribution in [1.29, 1.82) is 5.26 Å². The lowest BCUT2D eigenvalue weighted by Gasteiger charge is -2.34. The summed E-state index contributed by atoms with van der Waals surface area (Å²) in [4.78, 5) is 9.44. The molecule has 0 amide bonds. The second-order valence-electron chi connectivity index (χ2n) is 8.93. The van der Waals surface area contributed by atoms with Gasteiger partial charge in [-0.25, -0.2) is 0 Å². The second kappa shape index (κ2) is 7.36. The van der Waals surface area contributed by atoms with Gasteiger partial charge in [-0.15, -0.1) is 0 Å². The number of hydrogen-bond acceptors (Lipinski definition) is 5. The maximum atomic E-state index is 9.43. The maximum absolute atomic E-state index is 9.43. The number of aromatic amines is 1. The minimum Gasteiger partial charge on any atom is -0.369 e. The lowest BCUT2D eigenvalue weighted by atomic mass is 9.86. The van der Waals surface area contributed by atoms with Gasteiger partial charge in [0.25, 0.3) is 0 Å². The molecule has 0 unspecified atom stereocenters. The fourth-order valence-electron chi connectivity index (χ4n) is 4.27. The molecule has 0 spiro atoms. The zero-order valence-electron chi connectivity index (χ0n) is 18.2. The van der Waals surface area contributed by atoms with Gasteiger partial charge in [0.1, 0.15) is 5.69 Å². The van der Waals surface area contributed by atoms with Gasteiger partial charge in [0, 0.05) is 48.2 Å². The van der Waals surface area contributed by atoms with Crippen molar-refractivity contribution in [3.05, 3.63) is 54.2 Å². The molecule has 2 aromatic heterocycles. The summed E-state index contributed by atoms with van der Waals surface area (Å²) in [5.41, 5.74) is 5.56. The van der Waals surface area contributed by atoms with Crippen molar-refractivity contribution < 1.29 is 0 Å². The van der Waals surface area contributed by atoms with Crippen molar-refractivity contribution in [3.63, 3.8) is 0 Å². The summed E-state index contributed by atoms with van der Waals surface area (Å²) in [7, 11) is 2.17. The van der Waals surface area contributed by atoms with Gasteiger partial charge in [-0.1, -0.05) is 24.3 Å². The van der Waals surface area contributed by atoms with E-state index in [2.05, 4.69) is 68.4 Å². The van der Waals surface area contributed by atoms with Gasteiger partial charge in [-0.3, -0.25) is 10.1 Å². The minimum atomic E-state index is -0.514. The number of benzene rings is 2. The molecule has 156 valence electrons. The highest BCUT2D eigenvalue weighted by Gasteiger charge is 2.21. The molecule has 6 nitrogen and oxygen atoms in total. The van der Waals surface area contributed by atoms with Crippen LogP contribution in [0.1, 0.15) is 19.4 Å². The number of nitriles is 1. The highest BCUT2D eigenvalue weighted by molar-refractivity contribution is 6.11. The average molecular weight is 411 g/mol. The predicted octanol–water partition coefficient (Wildman–Crippen LogP) is 4.33. The zero-order valence-corrected chi connectivity index (χ0v) is 18.2. The van der Waals surface area contributed by atoms with E-state index in [1.54, 1.807) is 0 Å². The molecule has 5 rings (SSSR count). The van der Waals surface area contributed by atoms with E-state index in [-0.39, 0.29) is 0 Å². The molecule has 4 aromatic rings.